The third-order valence-electron chi connectivity index (χ3n) is 3.10. The van der Waals surface area contributed by atoms with E-state index in [-0.39, 0.29) is 5.91 Å². The van der Waals surface area contributed by atoms with Crippen molar-refractivity contribution in [3.05, 3.63) is 28.8 Å². The van der Waals surface area contributed by atoms with E-state index in [9.17, 15) is 4.79 Å². The SMILES string of the molecule is Cc1cc(Cl)ccc1NC(=O)CSc1nnc(NC2CC2)s1. The van der Waals surface area contributed by atoms with E-state index in [2.05, 4.69) is 20.8 Å². The zero-order valence-electron chi connectivity index (χ0n) is 11.9. The smallest absolute Gasteiger partial charge is 0.234 e. The minimum Gasteiger partial charge on any atom is -0.357 e. The summed E-state index contributed by atoms with van der Waals surface area (Å²) in [5.74, 6) is 0.238. The molecule has 1 aromatic heterocycles. The molecule has 2 aromatic rings. The molecule has 116 valence electrons. The number of anilines is 2. The molecule has 0 atom stereocenters. The number of halogens is 1. The maximum Gasteiger partial charge on any atom is 0.234 e. The molecule has 1 heterocycles. The van der Waals surface area contributed by atoms with Gasteiger partial charge < -0.3 is 10.6 Å². The lowest BCUT2D eigenvalue weighted by Gasteiger charge is -2.07. The van der Waals surface area contributed by atoms with Crippen LogP contribution < -0.4 is 10.6 Å². The number of carbonyl (C=O) groups excluding carboxylic acids is 1. The summed E-state index contributed by atoms with van der Waals surface area (Å²) in [5.41, 5.74) is 1.72. The van der Waals surface area contributed by atoms with Crippen LogP contribution in [0.5, 0.6) is 0 Å². The average molecular weight is 355 g/mol. The number of aryl methyl sites for hydroxylation is 1. The molecule has 1 amide bonds. The number of hydrogen-bond acceptors (Lipinski definition) is 6. The van der Waals surface area contributed by atoms with Gasteiger partial charge in [-0.05, 0) is 43.5 Å². The van der Waals surface area contributed by atoms with Crippen LogP contribution in [-0.4, -0.2) is 27.9 Å². The van der Waals surface area contributed by atoms with Crippen molar-refractivity contribution in [1.29, 1.82) is 0 Å². The molecule has 0 spiro atoms. The first-order valence-corrected chi connectivity index (χ1v) is 9.07. The van der Waals surface area contributed by atoms with E-state index >= 15 is 0 Å². The average Bonchev–Trinajstić information content (AvgIpc) is 3.17. The number of thioether (sulfide) groups is 1. The summed E-state index contributed by atoms with van der Waals surface area (Å²) in [5, 5.41) is 15.8. The second-order valence-corrected chi connectivity index (χ2v) is 7.72. The van der Waals surface area contributed by atoms with Crippen molar-refractivity contribution in [3.8, 4) is 0 Å². The van der Waals surface area contributed by atoms with Crippen LogP contribution in [0.15, 0.2) is 22.5 Å². The molecule has 1 aliphatic carbocycles. The van der Waals surface area contributed by atoms with Crippen molar-refractivity contribution < 1.29 is 4.79 Å². The number of rotatable bonds is 6. The molecule has 1 fully saturated rings. The minimum absolute atomic E-state index is 0.0673. The standard InChI is InChI=1S/C14H15ClN4OS2/c1-8-6-9(15)2-5-11(8)17-12(20)7-21-14-19-18-13(22-14)16-10-3-4-10/h2,5-6,10H,3-4,7H2,1H3,(H,16,18)(H,17,20). The Labute approximate surface area is 141 Å². The summed E-state index contributed by atoms with van der Waals surface area (Å²) in [4.78, 5) is 12.0. The second-order valence-electron chi connectivity index (χ2n) is 5.09. The monoisotopic (exact) mass is 354 g/mol. The van der Waals surface area contributed by atoms with Gasteiger partial charge in [0, 0.05) is 16.8 Å². The number of nitrogens with zero attached hydrogens (tertiary/aromatic N) is 2. The first kappa shape index (κ1) is 15.6. The largest absolute Gasteiger partial charge is 0.357 e. The van der Waals surface area contributed by atoms with Crippen LogP contribution in [0.3, 0.4) is 0 Å². The van der Waals surface area contributed by atoms with Crippen molar-refractivity contribution >= 4 is 51.4 Å². The third kappa shape index (κ3) is 4.34. The normalized spacial score (nSPS) is 13.9. The highest BCUT2D eigenvalue weighted by Crippen LogP contribution is 2.30. The van der Waals surface area contributed by atoms with Gasteiger partial charge in [0.25, 0.3) is 0 Å². The van der Waals surface area contributed by atoms with Crippen LogP contribution >= 0.6 is 34.7 Å². The summed E-state index contributed by atoms with van der Waals surface area (Å²) in [6, 6.07) is 5.95. The van der Waals surface area contributed by atoms with Crippen molar-refractivity contribution in [2.24, 2.45) is 0 Å². The van der Waals surface area contributed by atoms with Crippen LogP contribution in [-0.2, 0) is 4.79 Å². The van der Waals surface area contributed by atoms with E-state index in [4.69, 9.17) is 11.6 Å². The van der Waals surface area contributed by atoms with Crippen molar-refractivity contribution in [3.63, 3.8) is 0 Å². The van der Waals surface area contributed by atoms with Gasteiger partial charge in [-0.3, -0.25) is 4.79 Å². The Balaban J connectivity index is 1.50. The highest BCUT2D eigenvalue weighted by Gasteiger charge is 2.22. The summed E-state index contributed by atoms with van der Waals surface area (Å²) < 4.78 is 0.797. The molecule has 0 bridgehead atoms. The maximum absolute atomic E-state index is 12.0. The predicted molar refractivity (Wildman–Crippen MR) is 92.1 cm³/mol. The third-order valence-corrected chi connectivity index (χ3v) is 5.32. The van der Waals surface area contributed by atoms with Gasteiger partial charge in [-0.15, -0.1) is 10.2 Å². The lowest BCUT2D eigenvalue weighted by atomic mass is 10.2. The Morgan fingerprint density at radius 1 is 1.45 bits per heavy atom. The van der Waals surface area contributed by atoms with Gasteiger partial charge in [0.05, 0.1) is 5.75 Å². The second kappa shape index (κ2) is 6.85. The first-order chi connectivity index (χ1) is 10.6. The molecule has 0 aliphatic heterocycles. The van der Waals surface area contributed by atoms with Gasteiger partial charge in [-0.2, -0.15) is 0 Å². The molecule has 22 heavy (non-hydrogen) atoms. The molecule has 1 aromatic carbocycles. The maximum atomic E-state index is 12.0. The molecule has 0 radical (unpaired) electrons. The Kier molecular flexibility index (Phi) is 4.85. The van der Waals surface area contributed by atoms with Crippen LogP contribution in [0.1, 0.15) is 18.4 Å². The highest BCUT2D eigenvalue weighted by molar-refractivity contribution is 8.01. The number of benzene rings is 1. The summed E-state index contributed by atoms with van der Waals surface area (Å²) in [6.07, 6.45) is 2.40. The molecular weight excluding hydrogens is 340 g/mol. The van der Waals surface area contributed by atoms with Crippen LogP contribution in [0.4, 0.5) is 10.8 Å². The predicted octanol–water partition coefficient (Wildman–Crippen LogP) is 3.81. The number of amides is 1. The van der Waals surface area contributed by atoms with E-state index in [0.29, 0.717) is 16.8 Å². The van der Waals surface area contributed by atoms with E-state index in [1.165, 1.54) is 35.9 Å². The molecule has 8 heteroatoms. The molecule has 1 saturated carbocycles. The van der Waals surface area contributed by atoms with Gasteiger partial charge in [-0.25, -0.2) is 0 Å². The van der Waals surface area contributed by atoms with Gasteiger partial charge in [0.2, 0.25) is 11.0 Å². The van der Waals surface area contributed by atoms with Gasteiger partial charge in [0.1, 0.15) is 0 Å². The molecule has 3 rings (SSSR count). The Hall–Kier alpha value is -1.31. The first-order valence-electron chi connectivity index (χ1n) is 6.89. The molecular formula is C14H15ClN4OS2. The van der Waals surface area contributed by atoms with Crippen molar-refractivity contribution in [1.82, 2.24) is 10.2 Å². The van der Waals surface area contributed by atoms with Crippen LogP contribution in [0.2, 0.25) is 5.02 Å². The van der Waals surface area contributed by atoms with E-state index in [1.807, 2.05) is 19.1 Å². The Morgan fingerprint density at radius 3 is 3.00 bits per heavy atom. The molecule has 0 saturated heterocycles. The van der Waals surface area contributed by atoms with E-state index in [0.717, 1.165) is 20.7 Å². The topological polar surface area (TPSA) is 66.9 Å². The Morgan fingerprint density at radius 2 is 2.27 bits per heavy atom. The highest BCUT2D eigenvalue weighted by atomic mass is 35.5. The van der Waals surface area contributed by atoms with Gasteiger partial charge in [-0.1, -0.05) is 34.7 Å². The fourth-order valence-electron chi connectivity index (χ4n) is 1.81. The van der Waals surface area contributed by atoms with E-state index < -0.39 is 0 Å². The molecule has 2 N–H and O–H groups in total. The van der Waals surface area contributed by atoms with E-state index in [1.54, 1.807) is 6.07 Å². The minimum atomic E-state index is -0.0673. The van der Waals surface area contributed by atoms with Gasteiger partial charge >= 0.3 is 0 Å². The fraction of sp³-hybridized carbons (Fsp3) is 0.357. The number of nitrogens with one attached hydrogen (secondary N) is 2. The van der Waals surface area contributed by atoms with Crippen molar-refractivity contribution in [2.75, 3.05) is 16.4 Å². The quantitative estimate of drug-likeness (QED) is 0.772. The number of hydrogen-bond donors (Lipinski definition) is 2. The van der Waals surface area contributed by atoms with Crippen molar-refractivity contribution in [2.45, 2.75) is 30.1 Å². The van der Waals surface area contributed by atoms with Crippen LogP contribution in [0.25, 0.3) is 0 Å². The lowest BCUT2D eigenvalue weighted by molar-refractivity contribution is -0.113. The van der Waals surface area contributed by atoms with Gasteiger partial charge in [0.15, 0.2) is 4.34 Å². The summed E-state index contributed by atoms with van der Waals surface area (Å²) >= 11 is 8.78. The zero-order chi connectivity index (χ0) is 15.5. The summed E-state index contributed by atoms with van der Waals surface area (Å²) in [6.45, 7) is 1.91. The number of carbonyl (C=O) groups is 1. The molecule has 0 unspecified atom stereocenters. The molecule has 5 nitrogen and oxygen atoms in total. The lowest BCUT2D eigenvalue weighted by Crippen LogP contribution is -2.14. The Bertz CT molecular complexity index is 687. The number of aromatic nitrogens is 2. The summed E-state index contributed by atoms with van der Waals surface area (Å²) in [7, 11) is 0. The zero-order valence-corrected chi connectivity index (χ0v) is 14.3. The van der Waals surface area contributed by atoms with Crippen LogP contribution in [0, 0.1) is 6.92 Å². The fourth-order valence-corrected chi connectivity index (χ4v) is 3.67. The molecule has 1 aliphatic rings.